The summed E-state index contributed by atoms with van der Waals surface area (Å²) in [7, 11) is 1.49. The monoisotopic (exact) mass is 350 g/mol. The third-order valence-corrected chi connectivity index (χ3v) is 5.08. The van der Waals surface area contributed by atoms with Gasteiger partial charge in [-0.25, -0.2) is 9.78 Å². The molecule has 1 fully saturated rings. The molecule has 0 amide bonds. The van der Waals surface area contributed by atoms with Crippen molar-refractivity contribution in [2.24, 2.45) is 0 Å². The van der Waals surface area contributed by atoms with E-state index in [4.69, 9.17) is 9.36 Å². The van der Waals surface area contributed by atoms with Crippen molar-refractivity contribution < 1.29 is 9.36 Å². The average Bonchev–Trinajstić information content (AvgIpc) is 3.13. The van der Waals surface area contributed by atoms with Gasteiger partial charge in [0.2, 0.25) is 11.7 Å². The lowest BCUT2D eigenvalue weighted by molar-refractivity contribution is 0.166. The molecule has 0 N–H and O–H groups in total. The minimum absolute atomic E-state index is 0.222. The normalized spacial score (nSPS) is 15.4. The number of hydrogen-bond donors (Lipinski definition) is 0. The van der Waals surface area contributed by atoms with Crippen LogP contribution >= 0.6 is 0 Å². The van der Waals surface area contributed by atoms with Crippen LogP contribution in [0.4, 0.5) is 0 Å². The van der Waals surface area contributed by atoms with E-state index in [1.165, 1.54) is 11.8 Å². The minimum Gasteiger partial charge on any atom is -0.412 e. The van der Waals surface area contributed by atoms with Crippen LogP contribution in [0.25, 0.3) is 28.2 Å². The summed E-state index contributed by atoms with van der Waals surface area (Å²) in [6, 6.07) is 5.72. The zero-order chi connectivity index (χ0) is 17.4. The molecule has 4 heterocycles. The summed E-state index contributed by atoms with van der Waals surface area (Å²) in [5.41, 5.74) is 3.69. The molecule has 2 aliphatic rings. The first kappa shape index (κ1) is 13.9. The number of hydrogen-bond acceptors (Lipinski definition) is 6. The van der Waals surface area contributed by atoms with Crippen LogP contribution in [0.1, 0.15) is 30.3 Å². The highest BCUT2D eigenvalue weighted by molar-refractivity contribution is 5.86. The van der Waals surface area contributed by atoms with Crippen molar-refractivity contribution in [3.63, 3.8) is 0 Å². The van der Waals surface area contributed by atoms with Gasteiger partial charge in [-0.2, -0.15) is 4.98 Å². The zero-order valence-electron chi connectivity index (χ0n) is 13.9. The number of nitrogens with zero attached hydrogens (tertiary/aromatic N) is 6. The second-order valence-electron chi connectivity index (χ2n) is 6.63. The van der Waals surface area contributed by atoms with E-state index in [0.717, 1.165) is 35.3 Å². The van der Waals surface area contributed by atoms with E-state index in [-0.39, 0.29) is 5.69 Å². The molecule has 130 valence electrons. The van der Waals surface area contributed by atoms with Gasteiger partial charge in [0.05, 0.1) is 23.4 Å². The Labute approximate surface area is 146 Å². The SMILES string of the molecule is COn1c(=O)n2c3c(cccc31)-n1cnc(-c3noc(C4CC4)n3)c1C2. The van der Waals surface area contributed by atoms with Crippen LogP contribution in [0.5, 0.6) is 0 Å². The fraction of sp³-hybridized carbons (Fsp3) is 0.294. The Hall–Kier alpha value is -3.36. The molecule has 6 rings (SSSR count). The Kier molecular flexibility index (Phi) is 2.47. The summed E-state index contributed by atoms with van der Waals surface area (Å²) in [6.07, 6.45) is 3.92. The Morgan fingerprint density at radius 3 is 3.00 bits per heavy atom. The Morgan fingerprint density at radius 1 is 1.31 bits per heavy atom. The smallest absolute Gasteiger partial charge is 0.362 e. The number of benzene rings is 1. The quantitative estimate of drug-likeness (QED) is 0.487. The van der Waals surface area contributed by atoms with Crippen LogP contribution in [0, 0.1) is 0 Å². The summed E-state index contributed by atoms with van der Waals surface area (Å²) in [4.78, 5) is 27.0. The van der Waals surface area contributed by atoms with E-state index in [1.807, 2.05) is 22.8 Å². The minimum atomic E-state index is -0.222. The molecule has 0 radical (unpaired) electrons. The molecule has 1 saturated carbocycles. The van der Waals surface area contributed by atoms with Gasteiger partial charge in [-0.3, -0.25) is 9.13 Å². The first-order valence-corrected chi connectivity index (χ1v) is 8.45. The Bertz CT molecular complexity index is 1240. The van der Waals surface area contributed by atoms with E-state index < -0.39 is 0 Å². The summed E-state index contributed by atoms with van der Waals surface area (Å²) in [6.45, 7) is 0.366. The van der Waals surface area contributed by atoms with E-state index in [1.54, 1.807) is 10.9 Å². The number of fused-ring (bicyclic) bond motifs is 2. The number of aromatic nitrogens is 6. The van der Waals surface area contributed by atoms with Crippen molar-refractivity contribution in [1.29, 1.82) is 0 Å². The van der Waals surface area contributed by atoms with Crippen molar-refractivity contribution in [2.75, 3.05) is 7.11 Å². The van der Waals surface area contributed by atoms with Gasteiger partial charge < -0.3 is 9.36 Å². The lowest BCUT2D eigenvalue weighted by Gasteiger charge is -2.17. The van der Waals surface area contributed by atoms with Crippen molar-refractivity contribution in [3.05, 3.63) is 46.6 Å². The first-order chi connectivity index (χ1) is 12.8. The van der Waals surface area contributed by atoms with Gasteiger partial charge in [-0.05, 0) is 25.0 Å². The van der Waals surface area contributed by atoms with Crippen LogP contribution in [0.3, 0.4) is 0 Å². The molecule has 0 spiro atoms. The Balaban J connectivity index is 1.58. The molecule has 9 heteroatoms. The fourth-order valence-electron chi connectivity index (χ4n) is 3.68. The molecule has 4 aromatic rings. The maximum absolute atomic E-state index is 12.7. The molecular formula is C17H14N6O3. The van der Waals surface area contributed by atoms with Gasteiger partial charge in [-0.1, -0.05) is 11.2 Å². The van der Waals surface area contributed by atoms with E-state index in [2.05, 4.69) is 15.1 Å². The maximum atomic E-state index is 12.7. The highest BCUT2D eigenvalue weighted by Crippen LogP contribution is 2.40. The van der Waals surface area contributed by atoms with Crippen LogP contribution < -0.4 is 10.5 Å². The van der Waals surface area contributed by atoms with Crippen molar-refractivity contribution in [2.45, 2.75) is 25.3 Å². The standard InChI is InChI=1S/C17H14N6O3/c1-25-23-11-4-2-3-10-14(11)21(17(23)24)7-12-13(18-8-22(10)12)15-19-16(26-20-15)9-5-6-9/h2-4,8-9H,5-7H2,1H3. The van der Waals surface area contributed by atoms with E-state index in [9.17, 15) is 4.79 Å². The predicted molar refractivity (Wildman–Crippen MR) is 90.2 cm³/mol. The number of para-hydroxylation sites is 1. The van der Waals surface area contributed by atoms with Crippen molar-refractivity contribution >= 4 is 11.0 Å². The topological polar surface area (TPSA) is 92.9 Å². The maximum Gasteiger partial charge on any atom is 0.362 e. The molecule has 0 atom stereocenters. The van der Waals surface area contributed by atoms with Crippen LogP contribution in [0.2, 0.25) is 0 Å². The molecule has 1 aliphatic heterocycles. The van der Waals surface area contributed by atoms with Crippen LogP contribution in [0.15, 0.2) is 33.8 Å². The summed E-state index contributed by atoms with van der Waals surface area (Å²) < 4.78 is 10.3. The first-order valence-electron chi connectivity index (χ1n) is 8.45. The Morgan fingerprint density at radius 2 is 2.19 bits per heavy atom. The highest BCUT2D eigenvalue weighted by Gasteiger charge is 2.32. The molecule has 0 bridgehead atoms. The summed E-state index contributed by atoms with van der Waals surface area (Å²) in [5, 5.41) is 4.10. The van der Waals surface area contributed by atoms with Gasteiger partial charge in [-0.15, -0.1) is 4.73 Å². The van der Waals surface area contributed by atoms with E-state index in [0.29, 0.717) is 29.9 Å². The van der Waals surface area contributed by atoms with Gasteiger partial charge >= 0.3 is 5.69 Å². The molecule has 0 saturated heterocycles. The predicted octanol–water partition coefficient (Wildman–Crippen LogP) is 1.34. The van der Waals surface area contributed by atoms with Gasteiger partial charge in [0.15, 0.2) is 0 Å². The lowest BCUT2D eigenvalue weighted by Crippen LogP contribution is -2.29. The number of rotatable bonds is 3. The zero-order valence-corrected chi connectivity index (χ0v) is 13.9. The number of imidazole rings is 2. The average molecular weight is 350 g/mol. The third kappa shape index (κ3) is 1.64. The largest absolute Gasteiger partial charge is 0.412 e. The molecule has 1 aromatic carbocycles. The molecule has 0 unspecified atom stereocenters. The second kappa shape index (κ2) is 4.63. The van der Waals surface area contributed by atoms with Crippen molar-refractivity contribution in [3.8, 4) is 17.2 Å². The fourth-order valence-corrected chi connectivity index (χ4v) is 3.68. The molecule has 9 nitrogen and oxygen atoms in total. The van der Waals surface area contributed by atoms with Gasteiger partial charge in [0, 0.05) is 5.92 Å². The van der Waals surface area contributed by atoms with Crippen LogP contribution in [-0.2, 0) is 6.54 Å². The molecular weight excluding hydrogens is 336 g/mol. The second-order valence-corrected chi connectivity index (χ2v) is 6.63. The van der Waals surface area contributed by atoms with E-state index >= 15 is 0 Å². The molecule has 3 aromatic heterocycles. The lowest BCUT2D eigenvalue weighted by atomic mass is 10.2. The van der Waals surface area contributed by atoms with Crippen molar-refractivity contribution in [1.82, 2.24) is 29.0 Å². The van der Waals surface area contributed by atoms with Crippen LogP contribution in [-0.4, -0.2) is 36.1 Å². The third-order valence-electron chi connectivity index (χ3n) is 5.08. The highest BCUT2D eigenvalue weighted by atomic mass is 16.7. The summed E-state index contributed by atoms with van der Waals surface area (Å²) >= 11 is 0. The van der Waals surface area contributed by atoms with Gasteiger partial charge in [0.1, 0.15) is 24.6 Å². The molecule has 1 aliphatic carbocycles. The molecule has 26 heavy (non-hydrogen) atoms. The summed E-state index contributed by atoms with van der Waals surface area (Å²) in [5.74, 6) is 1.52. The van der Waals surface area contributed by atoms with Gasteiger partial charge in [0.25, 0.3) is 0 Å².